The molecule has 0 atom stereocenters. The highest BCUT2D eigenvalue weighted by molar-refractivity contribution is 5.84. The lowest BCUT2D eigenvalue weighted by Crippen LogP contribution is -2.47. The van der Waals surface area contributed by atoms with E-state index in [4.69, 9.17) is 5.11 Å². The van der Waals surface area contributed by atoms with Gasteiger partial charge in [-0.05, 0) is 27.2 Å². The van der Waals surface area contributed by atoms with Gasteiger partial charge in [-0.2, -0.15) is 0 Å². The summed E-state index contributed by atoms with van der Waals surface area (Å²) in [7, 11) is 1.67. The number of carboxylic acid groups (broad SMARTS) is 1. The second-order valence-electron chi connectivity index (χ2n) is 4.85. The first-order chi connectivity index (χ1) is 9.29. The molecule has 116 valence electrons. The quantitative estimate of drug-likeness (QED) is 0.689. The lowest BCUT2D eigenvalue weighted by atomic mass is 10.2. The van der Waals surface area contributed by atoms with Crippen molar-refractivity contribution in [3.8, 4) is 0 Å². The van der Waals surface area contributed by atoms with Crippen LogP contribution in [0.3, 0.4) is 0 Å². The highest BCUT2D eigenvalue weighted by Crippen LogP contribution is 2.02. The van der Waals surface area contributed by atoms with Crippen LogP contribution in [0, 0.1) is 0 Å². The Morgan fingerprint density at radius 3 is 2.30 bits per heavy atom. The summed E-state index contributed by atoms with van der Waals surface area (Å²) in [4.78, 5) is 37.1. The lowest BCUT2D eigenvalue weighted by Gasteiger charge is -2.27. The number of amides is 3. The van der Waals surface area contributed by atoms with Gasteiger partial charge in [-0.1, -0.05) is 0 Å². The molecule has 0 aliphatic carbocycles. The van der Waals surface area contributed by atoms with Gasteiger partial charge >= 0.3 is 12.0 Å². The zero-order valence-electron chi connectivity index (χ0n) is 12.7. The maximum Gasteiger partial charge on any atom is 0.318 e. The number of carbonyl (C=O) groups excluding carboxylic acids is 2. The third-order valence-electron chi connectivity index (χ3n) is 2.96. The average Bonchev–Trinajstić information content (AvgIpc) is 2.38. The Hall–Kier alpha value is -1.79. The summed E-state index contributed by atoms with van der Waals surface area (Å²) in [6.07, 6.45) is 0.414. The molecule has 0 aromatic rings. The van der Waals surface area contributed by atoms with Crippen LogP contribution in [0.5, 0.6) is 0 Å². The van der Waals surface area contributed by atoms with Crippen LogP contribution >= 0.6 is 0 Å². The fourth-order valence-corrected chi connectivity index (χ4v) is 1.56. The maximum absolute atomic E-state index is 12.0. The first-order valence-electron chi connectivity index (χ1n) is 6.79. The zero-order chi connectivity index (χ0) is 15.7. The van der Waals surface area contributed by atoms with Crippen molar-refractivity contribution in [3.63, 3.8) is 0 Å². The van der Waals surface area contributed by atoms with Crippen LogP contribution in [0.25, 0.3) is 0 Å². The number of urea groups is 1. The molecule has 0 aliphatic rings. The van der Waals surface area contributed by atoms with Crippen LogP contribution in [-0.2, 0) is 9.59 Å². The average molecular weight is 287 g/mol. The van der Waals surface area contributed by atoms with E-state index in [1.165, 1.54) is 9.80 Å². The van der Waals surface area contributed by atoms with Gasteiger partial charge in [-0.3, -0.25) is 9.59 Å². The Morgan fingerprint density at radius 1 is 1.25 bits per heavy atom. The van der Waals surface area contributed by atoms with Crippen molar-refractivity contribution in [2.24, 2.45) is 0 Å². The molecule has 0 radical (unpaired) electrons. The molecule has 20 heavy (non-hydrogen) atoms. The van der Waals surface area contributed by atoms with Crippen molar-refractivity contribution in [2.45, 2.75) is 39.7 Å². The molecule has 0 aromatic carbocycles. The summed E-state index contributed by atoms with van der Waals surface area (Å²) in [6.45, 7) is 6.44. The minimum atomic E-state index is -0.881. The molecule has 0 aliphatic heterocycles. The molecule has 0 unspecified atom stereocenters. The molecule has 0 spiro atoms. The van der Waals surface area contributed by atoms with Gasteiger partial charge < -0.3 is 20.2 Å². The number of hydrogen-bond acceptors (Lipinski definition) is 3. The van der Waals surface area contributed by atoms with E-state index >= 15 is 0 Å². The van der Waals surface area contributed by atoms with Crippen molar-refractivity contribution in [2.75, 3.05) is 26.7 Å². The van der Waals surface area contributed by atoms with Gasteiger partial charge in [0.1, 0.15) is 0 Å². The number of carbonyl (C=O) groups is 3. The van der Waals surface area contributed by atoms with Crippen LogP contribution in [0.4, 0.5) is 4.79 Å². The summed E-state index contributed by atoms with van der Waals surface area (Å²) >= 11 is 0. The van der Waals surface area contributed by atoms with Crippen molar-refractivity contribution in [3.05, 3.63) is 0 Å². The molecule has 0 saturated heterocycles. The minimum Gasteiger partial charge on any atom is -0.481 e. The topological polar surface area (TPSA) is 90.0 Å². The third-order valence-corrected chi connectivity index (χ3v) is 2.96. The van der Waals surface area contributed by atoms with E-state index in [2.05, 4.69) is 5.32 Å². The number of rotatable bonds is 8. The lowest BCUT2D eigenvalue weighted by molar-refractivity contribution is -0.137. The Balaban J connectivity index is 4.29. The van der Waals surface area contributed by atoms with E-state index in [1.807, 2.05) is 20.8 Å². The molecular formula is C13H25N3O4. The Labute approximate surface area is 119 Å². The summed E-state index contributed by atoms with van der Waals surface area (Å²) in [5.74, 6) is -1.04. The van der Waals surface area contributed by atoms with E-state index < -0.39 is 5.97 Å². The van der Waals surface area contributed by atoms with Gasteiger partial charge in [-0.25, -0.2) is 4.79 Å². The number of nitrogens with zero attached hydrogens (tertiary/aromatic N) is 2. The molecule has 0 fully saturated rings. The van der Waals surface area contributed by atoms with E-state index in [1.54, 1.807) is 7.05 Å². The fraction of sp³-hybridized carbons (Fsp3) is 0.769. The van der Waals surface area contributed by atoms with Gasteiger partial charge in [0.15, 0.2) is 0 Å². The maximum atomic E-state index is 12.0. The van der Waals surface area contributed by atoms with E-state index in [0.29, 0.717) is 19.5 Å². The highest BCUT2D eigenvalue weighted by atomic mass is 16.4. The summed E-state index contributed by atoms with van der Waals surface area (Å²) in [6, 6.07) is -0.397. The van der Waals surface area contributed by atoms with Crippen LogP contribution < -0.4 is 5.32 Å². The van der Waals surface area contributed by atoms with E-state index in [0.717, 1.165) is 0 Å². The van der Waals surface area contributed by atoms with Gasteiger partial charge in [0.05, 0.1) is 6.54 Å². The smallest absolute Gasteiger partial charge is 0.318 e. The van der Waals surface area contributed by atoms with Crippen LogP contribution in [0.1, 0.15) is 33.6 Å². The molecular weight excluding hydrogens is 262 g/mol. The molecule has 0 bridgehead atoms. The largest absolute Gasteiger partial charge is 0.481 e. The van der Waals surface area contributed by atoms with Crippen molar-refractivity contribution in [1.29, 1.82) is 0 Å². The zero-order valence-corrected chi connectivity index (χ0v) is 12.7. The summed E-state index contributed by atoms with van der Waals surface area (Å²) in [5, 5.41) is 11.2. The highest BCUT2D eigenvalue weighted by Gasteiger charge is 2.18. The van der Waals surface area contributed by atoms with Crippen LogP contribution in [0.2, 0.25) is 0 Å². The summed E-state index contributed by atoms with van der Waals surface area (Å²) < 4.78 is 0. The Kier molecular flexibility index (Phi) is 8.35. The normalized spacial score (nSPS) is 10.2. The molecule has 0 heterocycles. The first kappa shape index (κ1) is 18.2. The van der Waals surface area contributed by atoms with Gasteiger partial charge in [0.25, 0.3) is 0 Å². The molecule has 7 heteroatoms. The molecule has 0 rings (SSSR count). The molecule has 3 amide bonds. The molecule has 0 saturated carbocycles. The third kappa shape index (κ3) is 6.96. The molecule has 7 nitrogen and oxygen atoms in total. The van der Waals surface area contributed by atoms with E-state index in [9.17, 15) is 14.4 Å². The number of likely N-dealkylation sites (N-methyl/N-ethyl adjacent to an activating group) is 1. The molecule has 2 N–H and O–H groups in total. The second kappa shape index (κ2) is 9.17. The second-order valence-corrected chi connectivity index (χ2v) is 4.85. The monoisotopic (exact) mass is 287 g/mol. The standard InChI is InChI=1S/C13H25N3O4/c1-5-15(4)11(17)9-14-13(20)16(10(2)3)8-6-7-12(18)19/h10H,5-9H2,1-4H3,(H,14,20)(H,18,19). The van der Waals surface area contributed by atoms with Gasteiger partial charge in [0, 0.05) is 32.6 Å². The van der Waals surface area contributed by atoms with Crippen LogP contribution in [-0.4, -0.2) is 65.5 Å². The van der Waals surface area contributed by atoms with Crippen molar-refractivity contribution < 1.29 is 19.5 Å². The van der Waals surface area contributed by atoms with Crippen molar-refractivity contribution in [1.82, 2.24) is 15.1 Å². The summed E-state index contributed by atoms with van der Waals surface area (Å²) in [5.41, 5.74) is 0. The molecule has 0 aromatic heterocycles. The SMILES string of the molecule is CCN(C)C(=O)CNC(=O)N(CCCC(=O)O)C(C)C. The number of hydrogen-bond donors (Lipinski definition) is 2. The first-order valence-corrected chi connectivity index (χ1v) is 6.79. The Morgan fingerprint density at radius 2 is 1.85 bits per heavy atom. The van der Waals surface area contributed by atoms with Crippen molar-refractivity contribution >= 4 is 17.9 Å². The van der Waals surface area contributed by atoms with Gasteiger partial charge in [0.2, 0.25) is 5.91 Å². The predicted octanol–water partition coefficient (Wildman–Crippen LogP) is 0.750. The Bertz CT molecular complexity index is 345. The fourth-order valence-electron chi connectivity index (χ4n) is 1.56. The number of nitrogens with one attached hydrogen (secondary N) is 1. The predicted molar refractivity (Wildman–Crippen MR) is 75.4 cm³/mol. The van der Waals surface area contributed by atoms with Gasteiger partial charge in [-0.15, -0.1) is 0 Å². The van der Waals surface area contributed by atoms with Crippen LogP contribution in [0.15, 0.2) is 0 Å². The minimum absolute atomic E-state index is 0.0218. The number of carboxylic acids is 1. The number of aliphatic carboxylic acids is 1. The van der Waals surface area contributed by atoms with E-state index in [-0.39, 0.29) is 30.9 Å².